The lowest BCUT2D eigenvalue weighted by Gasteiger charge is -2.21. The molecular weight excluding hydrogens is 407 g/mol. The van der Waals surface area contributed by atoms with Gasteiger partial charge in [-0.15, -0.1) is 0 Å². The Bertz CT molecular complexity index is 1170. The van der Waals surface area contributed by atoms with E-state index >= 15 is 0 Å². The first-order chi connectivity index (χ1) is 15.4. The van der Waals surface area contributed by atoms with Gasteiger partial charge in [0, 0.05) is 12.7 Å². The van der Waals surface area contributed by atoms with Gasteiger partial charge < -0.3 is 9.64 Å². The quantitative estimate of drug-likeness (QED) is 0.515. The molecular formula is C26H23FN2O3. The van der Waals surface area contributed by atoms with E-state index in [1.165, 1.54) is 24.3 Å². The molecule has 0 radical (unpaired) electrons. The van der Waals surface area contributed by atoms with Crippen LogP contribution in [-0.4, -0.2) is 25.0 Å². The molecule has 1 heterocycles. The molecule has 0 fully saturated rings. The molecule has 0 atom stereocenters. The summed E-state index contributed by atoms with van der Waals surface area (Å²) in [5, 5.41) is 0. The number of carbonyl (C=O) groups is 2. The molecule has 0 saturated carbocycles. The normalized spacial score (nSPS) is 13.8. The molecule has 0 N–H and O–H groups in total. The Labute approximate surface area is 186 Å². The van der Waals surface area contributed by atoms with Crippen LogP contribution in [0.2, 0.25) is 0 Å². The van der Waals surface area contributed by atoms with E-state index < -0.39 is 17.6 Å². The second-order valence-corrected chi connectivity index (χ2v) is 7.73. The monoisotopic (exact) mass is 430 g/mol. The van der Waals surface area contributed by atoms with Crippen molar-refractivity contribution in [3.8, 4) is 5.75 Å². The van der Waals surface area contributed by atoms with Crippen molar-refractivity contribution in [2.75, 3.05) is 16.8 Å². The minimum absolute atomic E-state index is 0.00812. The third-order valence-corrected chi connectivity index (χ3v) is 5.14. The summed E-state index contributed by atoms with van der Waals surface area (Å²) in [6.07, 6.45) is 0.00812. The Morgan fingerprint density at radius 3 is 2.06 bits per heavy atom. The number of para-hydroxylation sites is 1. The largest absolute Gasteiger partial charge is 0.491 e. The Morgan fingerprint density at radius 2 is 1.47 bits per heavy atom. The molecule has 0 saturated heterocycles. The van der Waals surface area contributed by atoms with Crippen molar-refractivity contribution in [2.45, 2.75) is 20.0 Å². The summed E-state index contributed by atoms with van der Waals surface area (Å²) in [6, 6.07) is 21.7. The van der Waals surface area contributed by atoms with E-state index in [2.05, 4.69) is 0 Å². The van der Waals surface area contributed by atoms with Crippen LogP contribution in [0.4, 0.5) is 15.8 Å². The molecule has 0 spiro atoms. The van der Waals surface area contributed by atoms with Gasteiger partial charge in [-0.2, -0.15) is 0 Å². The standard InChI is InChI=1S/C26H23FN2O3/c1-17(2)32-22-15-13-21(14-16-22)29-25(30)23(18-9-11-19(27)12-10-18)24(26(29)31)28(3)20-7-5-4-6-8-20/h4-17H,1-3H3. The highest BCUT2D eigenvalue weighted by Crippen LogP contribution is 2.36. The van der Waals surface area contributed by atoms with Crippen LogP contribution in [0, 0.1) is 5.82 Å². The number of carbonyl (C=O) groups excluding carboxylic acids is 2. The van der Waals surface area contributed by atoms with Crippen LogP contribution in [-0.2, 0) is 9.59 Å². The smallest absolute Gasteiger partial charge is 0.282 e. The van der Waals surface area contributed by atoms with Gasteiger partial charge in [0.15, 0.2) is 0 Å². The van der Waals surface area contributed by atoms with Crippen LogP contribution in [0.25, 0.3) is 5.57 Å². The van der Waals surface area contributed by atoms with Gasteiger partial charge in [0.1, 0.15) is 17.3 Å². The number of likely N-dealkylation sites (N-methyl/N-ethyl adjacent to an activating group) is 1. The van der Waals surface area contributed by atoms with Gasteiger partial charge in [0.2, 0.25) is 0 Å². The minimum atomic E-state index is -0.461. The van der Waals surface area contributed by atoms with Crippen molar-refractivity contribution in [2.24, 2.45) is 0 Å². The molecule has 4 rings (SSSR count). The van der Waals surface area contributed by atoms with E-state index in [0.29, 0.717) is 17.0 Å². The van der Waals surface area contributed by atoms with Crippen molar-refractivity contribution >= 4 is 28.8 Å². The number of benzene rings is 3. The molecule has 0 bridgehead atoms. The zero-order chi connectivity index (χ0) is 22.8. The van der Waals surface area contributed by atoms with Crippen LogP contribution in [0.5, 0.6) is 5.75 Å². The highest BCUT2D eigenvalue weighted by Gasteiger charge is 2.42. The molecule has 0 aromatic heterocycles. The summed E-state index contributed by atoms with van der Waals surface area (Å²) in [6.45, 7) is 3.85. The minimum Gasteiger partial charge on any atom is -0.491 e. The SMILES string of the molecule is CC(C)Oc1ccc(N2C(=O)C(c3ccc(F)cc3)=C(N(C)c3ccccc3)C2=O)cc1. The number of hydrogen-bond donors (Lipinski definition) is 0. The lowest BCUT2D eigenvalue weighted by atomic mass is 10.0. The molecule has 32 heavy (non-hydrogen) atoms. The van der Waals surface area contributed by atoms with Crippen molar-refractivity contribution in [3.05, 3.63) is 95.9 Å². The first-order valence-electron chi connectivity index (χ1n) is 10.3. The number of nitrogens with zero attached hydrogens (tertiary/aromatic N) is 2. The van der Waals surface area contributed by atoms with E-state index in [9.17, 15) is 14.0 Å². The van der Waals surface area contributed by atoms with Gasteiger partial charge in [0.05, 0.1) is 17.4 Å². The van der Waals surface area contributed by atoms with Crippen LogP contribution in [0.15, 0.2) is 84.6 Å². The molecule has 3 aromatic carbocycles. The van der Waals surface area contributed by atoms with E-state index in [1.807, 2.05) is 44.2 Å². The summed E-state index contributed by atoms with van der Waals surface area (Å²) in [5.74, 6) is -0.673. The molecule has 0 unspecified atom stereocenters. The fourth-order valence-corrected chi connectivity index (χ4v) is 3.67. The lowest BCUT2D eigenvalue weighted by Crippen LogP contribution is -2.34. The Balaban J connectivity index is 1.78. The topological polar surface area (TPSA) is 49.9 Å². The Morgan fingerprint density at radius 1 is 0.844 bits per heavy atom. The van der Waals surface area contributed by atoms with Gasteiger partial charge in [-0.3, -0.25) is 9.59 Å². The second kappa shape index (κ2) is 8.67. The average molecular weight is 430 g/mol. The van der Waals surface area contributed by atoms with Crippen molar-refractivity contribution in [3.63, 3.8) is 0 Å². The third kappa shape index (κ3) is 3.99. The van der Waals surface area contributed by atoms with Gasteiger partial charge in [-0.25, -0.2) is 9.29 Å². The van der Waals surface area contributed by atoms with E-state index in [4.69, 9.17) is 4.74 Å². The summed E-state index contributed by atoms with van der Waals surface area (Å²) in [7, 11) is 1.74. The van der Waals surface area contributed by atoms with Crippen LogP contribution in [0.1, 0.15) is 19.4 Å². The second-order valence-electron chi connectivity index (χ2n) is 7.73. The Kier molecular flexibility index (Phi) is 5.77. The molecule has 5 nitrogen and oxygen atoms in total. The van der Waals surface area contributed by atoms with Gasteiger partial charge >= 0.3 is 0 Å². The summed E-state index contributed by atoms with van der Waals surface area (Å²) in [4.78, 5) is 29.9. The molecule has 1 aliphatic heterocycles. The van der Waals surface area contributed by atoms with Crippen LogP contribution < -0.4 is 14.5 Å². The predicted molar refractivity (Wildman–Crippen MR) is 123 cm³/mol. The summed E-state index contributed by atoms with van der Waals surface area (Å²) < 4.78 is 19.2. The van der Waals surface area contributed by atoms with Crippen LogP contribution >= 0.6 is 0 Å². The zero-order valence-electron chi connectivity index (χ0n) is 18.1. The van der Waals surface area contributed by atoms with Gasteiger partial charge in [-0.1, -0.05) is 30.3 Å². The Hall–Kier alpha value is -3.93. The van der Waals surface area contributed by atoms with Gasteiger partial charge in [0.25, 0.3) is 11.8 Å². The number of imide groups is 1. The number of ether oxygens (including phenoxy) is 1. The number of hydrogen-bond acceptors (Lipinski definition) is 4. The number of anilines is 2. The van der Waals surface area contributed by atoms with Crippen molar-refractivity contribution in [1.29, 1.82) is 0 Å². The maximum absolute atomic E-state index is 13.5. The first kappa shape index (κ1) is 21.3. The molecule has 0 aliphatic carbocycles. The van der Waals surface area contributed by atoms with E-state index in [-0.39, 0.29) is 17.4 Å². The molecule has 162 valence electrons. The highest BCUT2D eigenvalue weighted by atomic mass is 19.1. The first-order valence-corrected chi connectivity index (χ1v) is 10.3. The maximum Gasteiger partial charge on any atom is 0.282 e. The third-order valence-electron chi connectivity index (χ3n) is 5.14. The van der Waals surface area contributed by atoms with E-state index in [1.54, 1.807) is 36.2 Å². The molecule has 1 aliphatic rings. The molecule has 3 aromatic rings. The lowest BCUT2D eigenvalue weighted by molar-refractivity contribution is -0.120. The number of amides is 2. The number of halogens is 1. The van der Waals surface area contributed by atoms with Crippen LogP contribution in [0.3, 0.4) is 0 Å². The summed E-state index contributed by atoms with van der Waals surface area (Å²) >= 11 is 0. The fourth-order valence-electron chi connectivity index (χ4n) is 3.67. The fraction of sp³-hybridized carbons (Fsp3) is 0.154. The predicted octanol–water partition coefficient (Wildman–Crippen LogP) is 5.03. The maximum atomic E-state index is 13.5. The number of rotatable bonds is 6. The highest BCUT2D eigenvalue weighted by molar-refractivity contribution is 6.46. The van der Waals surface area contributed by atoms with Gasteiger partial charge in [-0.05, 0) is 67.9 Å². The van der Waals surface area contributed by atoms with Crippen molar-refractivity contribution < 1.29 is 18.7 Å². The average Bonchev–Trinajstić information content (AvgIpc) is 3.05. The molecule has 2 amide bonds. The molecule has 6 heteroatoms. The van der Waals surface area contributed by atoms with E-state index in [0.717, 1.165) is 10.6 Å². The summed E-state index contributed by atoms with van der Waals surface area (Å²) in [5.41, 5.74) is 2.13. The zero-order valence-corrected chi connectivity index (χ0v) is 18.1. The van der Waals surface area contributed by atoms with Crippen molar-refractivity contribution in [1.82, 2.24) is 0 Å².